The van der Waals surface area contributed by atoms with E-state index in [-0.39, 0.29) is 0 Å². The molecule has 0 bridgehead atoms. The first-order valence-corrected chi connectivity index (χ1v) is 4.99. The third-order valence-corrected chi connectivity index (χ3v) is 2.92. The Morgan fingerprint density at radius 3 is 2.36 bits per heavy atom. The molecule has 0 spiro atoms. The molecule has 0 amide bonds. The second kappa shape index (κ2) is 4.58. The van der Waals surface area contributed by atoms with Crippen molar-refractivity contribution in [2.24, 2.45) is 11.8 Å². The SMILES string of the molecule is C=C[C@H]1CC[C@H](CCC)CC1. The summed E-state index contributed by atoms with van der Waals surface area (Å²) in [4.78, 5) is 0. The van der Waals surface area contributed by atoms with Gasteiger partial charge in [-0.1, -0.05) is 25.8 Å². The van der Waals surface area contributed by atoms with Crippen molar-refractivity contribution < 1.29 is 0 Å². The first kappa shape index (κ1) is 8.83. The Hall–Kier alpha value is -0.260. The Balaban J connectivity index is 2.18. The van der Waals surface area contributed by atoms with Crippen LogP contribution < -0.4 is 0 Å². The van der Waals surface area contributed by atoms with Crippen LogP contribution in [0.4, 0.5) is 0 Å². The fraction of sp³-hybridized carbons (Fsp3) is 0.818. The van der Waals surface area contributed by atoms with Crippen molar-refractivity contribution >= 4 is 0 Å². The van der Waals surface area contributed by atoms with Gasteiger partial charge in [0, 0.05) is 0 Å². The van der Waals surface area contributed by atoms with Gasteiger partial charge in [0.15, 0.2) is 0 Å². The molecule has 11 heavy (non-hydrogen) atoms. The van der Waals surface area contributed by atoms with Gasteiger partial charge in [0.25, 0.3) is 0 Å². The first-order valence-electron chi connectivity index (χ1n) is 4.99. The summed E-state index contributed by atoms with van der Waals surface area (Å²) < 4.78 is 0. The van der Waals surface area contributed by atoms with Crippen LogP contribution >= 0.6 is 0 Å². The molecule has 0 saturated heterocycles. The second-order valence-electron chi connectivity index (χ2n) is 3.81. The smallest absolute Gasteiger partial charge is 0.0236 e. The fourth-order valence-electron chi connectivity index (χ4n) is 2.12. The highest BCUT2D eigenvalue weighted by atomic mass is 14.2. The van der Waals surface area contributed by atoms with Crippen molar-refractivity contribution in [3.8, 4) is 0 Å². The monoisotopic (exact) mass is 152 g/mol. The standard InChI is InChI=1S/C11H20/c1-3-5-11-8-6-10(4-2)7-9-11/h4,10-11H,2-3,5-9H2,1H3/t10-,11-. The van der Waals surface area contributed by atoms with Crippen LogP contribution in [0.15, 0.2) is 12.7 Å². The molecule has 0 aromatic carbocycles. The lowest BCUT2D eigenvalue weighted by atomic mass is 9.80. The van der Waals surface area contributed by atoms with Crippen molar-refractivity contribution in [2.75, 3.05) is 0 Å². The van der Waals surface area contributed by atoms with Crippen LogP contribution in [-0.2, 0) is 0 Å². The summed E-state index contributed by atoms with van der Waals surface area (Å²) in [6.07, 6.45) is 10.6. The predicted octanol–water partition coefficient (Wildman–Crippen LogP) is 3.78. The van der Waals surface area contributed by atoms with Crippen LogP contribution in [0.2, 0.25) is 0 Å². The molecule has 0 radical (unpaired) electrons. The molecule has 0 aliphatic heterocycles. The second-order valence-corrected chi connectivity index (χ2v) is 3.81. The normalized spacial score (nSPS) is 31.7. The van der Waals surface area contributed by atoms with Gasteiger partial charge in [-0.25, -0.2) is 0 Å². The summed E-state index contributed by atoms with van der Waals surface area (Å²) in [6, 6.07) is 0. The molecule has 0 N–H and O–H groups in total. The lowest BCUT2D eigenvalue weighted by molar-refractivity contribution is 0.294. The summed E-state index contributed by atoms with van der Waals surface area (Å²) in [5, 5.41) is 0. The van der Waals surface area contributed by atoms with E-state index in [1.165, 1.54) is 38.5 Å². The zero-order valence-corrected chi connectivity index (χ0v) is 7.68. The van der Waals surface area contributed by atoms with Gasteiger partial charge in [-0.15, -0.1) is 6.58 Å². The van der Waals surface area contributed by atoms with E-state index < -0.39 is 0 Å². The van der Waals surface area contributed by atoms with Crippen LogP contribution in [-0.4, -0.2) is 0 Å². The summed E-state index contributed by atoms with van der Waals surface area (Å²) in [6.45, 7) is 6.15. The molecule has 0 atom stereocenters. The highest BCUT2D eigenvalue weighted by Crippen LogP contribution is 2.31. The van der Waals surface area contributed by atoms with Gasteiger partial charge < -0.3 is 0 Å². The molecule has 64 valence electrons. The van der Waals surface area contributed by atoms with E-state index in [4.69, 9.17) is 0 Å². The quantitative estimate of drug-likeness (QED) is 0.540. The van der Waals surface area contributed by atoms with Crippen molar-refractivity contribution in [3.63, 3.8) is 0 Å². The Labute approximate surface area is 70.7 Å². The lowest BCUT2D eigenvalue weighted by Gasteiger charge is -2.25. The predicted molar refractivity (Wildman–Crippen MR) is 50.6 cm³/mol. The van der Waals surface area contributed by atoms with Crippen LogP contribution in [0.5, 0.6) is 0 Å². The molecule has 0 aromatic heterocycles. The van der Waals surface area contributed by atoms with Crippen molar-refractivity contribution in [3.05, 3.63) is 12.7 Å². The summed E-state index contributed by atoms with van der Waals surface area (Å²) >= 11 is 0. The third kappa shape index (κ3) is 2.69. The van der Waals surface area contributed by atoms with Crippen LogP contribution in [0.1, 0.15) is 45.4 Å². The molecule has 1 aliphatic carbocycles. The average Bonchev–Trinajstić information content (AvgIpc) is 2.07. The fourth-order valence-corrected chi connectivity index (χ4v) is 2.12. The number of hydrogen-bond donors (Lipinski definition) is 0. The highest BCUT2D eigenvalue weighted by Gasteiger charge is 2.17. The van der Waals surface area contributed by atoms with Gasteiger partial charge in [0.05, 0.1) is 0 Å². The van der Waals surface area contributed by atoms with Crippen molar-refractivity contribution in [1.82, 2.24) is 0 Å². The van der Waals surface area contributed by atoms with Gasteiger partial charge in [0.1, 0.15) is 0 Å². The van der Waals surface area contributed by atoms with Gasteiger partial charge >= 0.3 is 0 Å². The van der Waals surface area contributed by atoms with Crippen LogP contribution in [0.3, 0.4) is 0 Å². The number of allylic oxidation sites excluding steroid dienone is 1. The summed E-state index contributed by atoms with van der Waals surface area (Å²) in [5.41, 5.74) is 0. The maximum atomic E-state index is 3.86. The molecule has 0 heteroatoms. The van der Waals surface area contributed by atoms with Crippen LogP contribution in [0, 0.1) is 11.8 Å². The Kier molecular flexibility index (Phi) is 3.68. The zero-order chi connectivity index (χ0) is 8.10. The van der Waals surface area contributed by atoms with E-state index in [1.807, 2.05) is 0 Å². The molecule has 1 fully saturated rings. The largest absolute Gasteiger partial charge is 0.103 e. The highest BCUT2D eigenvalue weighted by molar-refractivity contribution is 4.83. The summed E-state index contributed by atoms with van der Waals surface area (Å²) in [7, 11) is 0. The average molecular weight is 152 g/mol. The molecule has 1 saturated carbocycles. The number of rotatable bonds is 3. The maximum absolute atomic E-state index is 3.86. The minimum absolute atomic E-state index is 0.836. The Morgan fingerprint density at radius 2 is 1.91 bits per heavy atom. The molecular formula is C11H20. The van der Waals surface area contributed by atoms with E-state index in [9.17, 15) is 0 Å². The third-order valence-electron chi connectivity index (χ3n) is 2.92. The van der Waals surface area contributed by atoms with E-state index in [0.29, 0.717) is 0 Å². The van der Waals surface area contributed by atoms with Crippen molar-refractivity contribution in [1.29, 1.82) is 0 Å². The molecule has 0 nitrogen and oxygen atoms in total. The topological polar surface area (TPSA) is 0 Å². The molecule has 1 rings (SSSR count). The van der Waals surface area contributed by atoms with Gasteiger partial charge in [-0.3, -0.25) is 0 Å². The van der Waals surface area contributed by atoms with Crippen molar-refractivity contribution in [2.45, 2.75) is 45.4 Å². The molecular weight excluding hydrogens is 132 g/mol. The maximum Gasteiger partial charge on any atom is -0.0236 e. The minimum Gasteiger partial charge on any atom is -0.103 e. The molecule has 0 aromatic rings. The van der Waals surface area contributed by atoms with E-state index in [2.05, 4.69) is 19.6 Å². The molecule has 0 unspecified atom stereocenters. The number of hydrogen-bond acceptors (Lipinski definition) is 0. The van der Waals surface area contributed by atoms with Gasteiger partial charge in [0.2, 0.25) is 0 Å². The Morgan fingerprint density at radius 1 is 1.27 bits per heavy atom. The Bertz CT molecular complexity index is 107. The van der Waals surface area contributed by atoms with E-state index in [1.54, 1.807) is 0 Å². The first-order chi connectivity index (χ1) is 5.36. The van der Waals surface area contributed by atoms with Crippen LogP contribution in [0.25, 0.3) is 0 Å². The van der Waals surface area contributed by atoms with E-state index in [0.717, 1.165) is 11.8 Å². The van der Waals surface area contributed by atoms with E-state index >= 15 is 0 Å². The van der Waals surface area contributed by atoms with Gasteiger partial charge in [-0.2, -0.15) is 0 Å². The zero-order valence-electron chi connectivity index (χ0n) is 7.68. The lowest BCUT2D eigenvalue weighted by Crippen LogP contribution is -2.12. The van der Waals surface area contributed by atoms with Gasteiger partial charge in [-0.05, 0) is 37.5 Å². The minimum atomic E-state index is 0.836. The molecule has 0 heterocycles. The summed E-state index contributed by atoms with van der Waals surface area (Å²) in [5.74, 6) is 1.87. The molecule has 1 aliphatic rings.